The summed E-state index contributed by atoms with van der Waals surface area (Å²) in [5.41, 5.74) is 0. The fourth-order valence-electron chi connectivity index (χ4n) is 1.76. The van der Waals surface area contributed by atoms with E-state index >= 15 is 0 Å². The monoisotopic (exact) mass is 176 g/mol. The molecule has 0 amide bonds. The maximum atomic E-state index is 9.36. The minimum absolute atomic E-state index is 0.0689. The first-order valence-corrected chi connectivity index (χ1v) is 4.23. The minimum atomic E-state index is -1.12. The zero-order valence-electron chi connectivity index (χ0n) is 7.09. The van der Waals surface area contributed by atoms with Gasteiger partial charge in [0.15, 0.2) is 0 Å². The van der Waals surface area contributed by atoms with E-state index in [1.165, 1.54) is 0 Å². The van der Waals surface area contributed by atoms with Crippen LogP contribution >= 0.6 is 0 Å². The van der Waals surface area contributed by atoms with Crippen molar-refractivity contribution in [1.82, 2.24) is 0 Å². The normalized spacial score (nSPS) is 49.2. The molecule has 0 aromatic rings. The van der Waals surface area contributed by atoms with Crippen molar-refractivity contribution in [2.75, 3.05) is 6.61 Å². The third kappa shape index (κ3) is 1.61. The summed E-state index contributed by atoms with van der Waals surface area (Å²) in [4.78, 5) is 0. The van der Waals surface area contributed by atoms with Crippen LogP contribution in [0, 0.1) is 11.8 Å². The average Bonchev–Trinajstić information content (AvgIpc) is 2.08. The fourth-order valence-corrected chi connectivity index (χ4v) is 1.76. The Morgan fingerprint density at radius 2 is 1.67 bits per heavy atom. The molecular formula is C8H16O4. The van der Waals surface area contributed by atoms with E-state index in [1.807, 2.05) is 0 Å². The predicted molar refractivity (Wildman–Crippen MR) is 42.4 cm³/mol. The first kappa shape index (κ1) is 9.92. The molecule has 12 heavy (non-hydrogen) atoms. The van der Waals surface area contributed by atoms with Gasteiger partial charge in [0.2, 0.25) is 0 Å². The van der Waals surface area contributed by atoms with Crippen LogP contribution in [0.1, 0.15) is 13.3 Å². The van der Waals surface area contributed by atoms with Crippen LogP contribution in [0.5, 0.6) is 0 Å². The van der Waals surface area contributed by atoms with Crippen LogP contribution in [0.15, 0.2) is 0 Å². The molecule has 1 fully saturated rings. The Kier molecular flexibility index (Phi) is 3.06. The standard InChI is InChI=1S/C8H16O4/c1-4-2-5(3-9)7(11)8(12)6(4)10/h4-12H,2-3H2,1H3/t4-,5?,6?,7+,8-/m1/s1. The van der Waals surface area contributed by atoms with Crippen molar-refractivity contribution in [3.63, 3.8) is 0 Å². The van der Waals surface area contributed by atoms with Crippen LogP contribution in [0.2, 0.25) is 0 Å². The Bertz CT molecular complexity index is 145. The van der Waals surface area contributed by atoms with Crippen LogP contribution in [-0.4, -0.2) is 45.3 Å². The number of hydrogen-bond donors (Lipinski definition) is 4. The van der Waals surface area contributed by atoms with Gasteiger partial charge in [-0.25, -0.2) is 0 Å². The van der Waals surface area contributed by atoms with Crippen molar-refractivity contribution >= 4 is 0 Å². The molecular weight excluding hydrogens is 160 g/mol. The van der Waals surface area contributed by atoms with Crippen LogP contribution in [0.25, 0.3) is 0 Å². The molecule has 0 spiro atoms. The molecule has 0 aliphatic heterocycles. The zero-order valence-corrected chi connectivity index (χ0v) is 7.09. The summed E-state index contributed by atoms with van der Waals surface area (Å²) in [5, 5.41) is 36.8. The van der Waals surface area contributed by atoms with Gasteiger partial charge >= 0.3 is 0 Å². The van der Waals surface area contributed by atoms with Crippen molar-refractivity contribution in [2.24, 2.45) is 11.8 Å². The van der Waals surface area contributed by atoms with Gasteiger partial charge in [0.05, 0.1) is 12.2 Å². The number of rotatable bonds is 1. The van der Waals surface area contributed by atoms with E-state index < -0.39 is 18.3 Å². The summed E-state index contributed by atoms with van der Waals surface area (Å²) in [6.07, 6.45) is -2.44. The number of aliphatic hydroxyl groups is 4. The maximum Gasteiger partial charge on any atom is 0.106 e. The summed E-state index contributed by atoms with van der Waals surface area (Å²) in [7, 11) is 0. The predicted octanol–water partition coefficient (Wildman–Crippen LogP) is -1.28. The highest BCUT2D eigenvalue weighted by atomic mass is 16.4. The number of aliphatic hydroxyl groups excluding tert-OH is 4. The lowest BCUT2D eigenvalue weighted by Crippen LogP contribution is -2.51. The molecule has 0 heterocycles. The highest BCUT2D eigenvalue weighted by molar-refractivity contribution is 4.90. The van der Waals surface area contributed by atoms with E-state index in [1.54, 1.807) is 6.92 Å². The molecule has 0 aromatic heterocycles. The Labute approximate surface area is 71.5 Å². The lowest BCUT2D eigenvalue weighted by atomic mass is 9.77. The molecule has 1 aliphatic rings. The van der Waals surface area contributed by atoms with Crippen molar-refractivity contribution in [2.45, 2.75) is 31.7 Å². The summed E-state index contributed by atoms with van der Waals surface area (Å²) >= 11 is 0. The van der Waals surface area contributed by atoms with E-state index in [0.29, 0.717) is 6.42 Å². The van der Waals surface area contributed by atoms with Crippen LogP contribution in [0.3, 0.4) is 0 Å². The largest absolute Gasteiger partial charge is 0.396 e. The van der Waals surface area contributed by atoms with Gasteiger partial charge in [-0.3, -0.25) is 0 Å². The summed E-state index contributed by atoms with van der Waals surface area (Å²) < 4.78 is 0. The van der Waals surface area contributed by atoms with E-state index in [9.17, 15) is 15.3 Å². The van der Waals surface area contributed by atoms with Crippen molar-refractivity contribution in [3.05, 3.63) is 0 Å². The molecule has 0 saturated heterocycles. The third-order valence-electron chi connectivity index (χ3n) is 2.67. The summed E-state index contributed by atoms with van der Waals surface area (Å²) in [6.45, 7) is 1.65. The van der Waals surface area contributed by atoms with Crippen LogP contribution in [0.4, 0.5) is 0 Å². The van der Waals surface area contributed by atoms with E-state index in [0.717, 1.165) is 0 Å². The zero-order chi connectivity index (χ0) is 9.30. The van der Waals surface area contributed by atoms with Gasteiger partial charge in [0, 0.05) is 12.5 Å². The first-order valence-electron chi connectivity index (χ1n) is 4.23. The van der Waals surface area contributed by atoms with Gasteiger partial charge in [0.25, 0.3) is 0 Å². The lowest BCUT2D eigenvalue weighted by Gasteiger charge is -2.38. The molecule has 4 nitrogen and oxygen atoms in total. The topological polar surface area (TPSA) is 80.9 Å². The van der Waals surface area contributed by atoms with Crippen molar-refractivity contribution in [3.8, 4) is 0 Å². The molecule has 1 rings (SSSR count). The van der Waals surface area contributed by atoms with E-state index in [-0.39, 0.29) is 18.4 Å². The molecule has 0 aromatic carbocycles. The average molecular weight is 176 g/mol. The Balaban J connectivity index is 2.63. The molecule has 1 saturated carbocycles. The SMILES string of the molecule is C[C@@H]1CC(CO)[C@H](O)[C@H](O)C1O. The second-order valence-corrected chi connectivity index (χ2v) is 3.63. The van der Waals surface area contributed by atoms with Crippen LogP contribution in [-0.2, 0) is 0 Å². The maximum absolute atomic E-state index is 9.36. The second kappa shape index (κ2) is 3.70. The Morgan fingerprint density at radius 3 is 2.17 bits per heavy atom. The highest BCUT2D eigenvalue weighted by Gasteiger charge is 2.40. The molecule has 4 heteroatoms. The smallest absolute Gasteiger partial charge is 0.106 e. The fraction of sp³-hybridized carbons (Fsp3) is 1.00. The molecule has 72 valence electrons. The van der Waals surface area contributed by atoms with Crippen molar-refractivity contribution < 1.29 is 20.4 Å². The summed E-state index contributed by atoms with van der Waals surface area (Å²) in [6, 6.07) is 0. The van der Waals surface area contributed by atoms with Gasteiger partial charge in [-0.05, 0) is 12.3 Å². The van der Waals surface area contributed by atoms with Gasteiger partial charge in [0.1, 0.15) is 6.10 Å². The van der Waals surface area contributed by atoms with E-state index in [4.69, 9.17) is 5.11 Å². The van der Waals surface area contributed by atoms with Gasteiger partial charge in [-0.2, -0.15) is 0 Å². The first-order chi connectivity index (χ1) is 5.57. The molecule has 4 N–H and O–H groups in total. The van der Waals surface area contributed by atoms with Gasteiger partial charge in [-0.15, -0.1) is 0 Å². The van der Waals surface area contributed by atoms with Crippen LogP contribution < -0.4 is 0 Å². The van der Waals surface area contributed by atoms with Gasteiger partial charge < -0.3 is 20.4 Å². The third-order valence-corrected chi connectivity index (χ3v) is 2.67. The molecule has 0 radical (unpaired) electrons. The molecule has 0 bridgehead atoms. The molecule has 5 atom stereocenters. The summed E-state index contributed by atoms with van der Waals surface area (Å²) in [5.74, 6) is -0.376. The second-order valence-electron chi connectivity index (χ2n) is 3.63. The quantitative estimate of drug-likeness (QED) is 0.401. The Hall–Kier alpha value is -0.160. The molecule has 2 unspecified atom stereocenters. The van der Waals surface area contributed by atoms with E-state index in [2.05, 4.69) is 0 Å². The minimum Gasteiger partial charge on any atom is -0.396 e. The number of hydrogen-bond acceptors (Lipinski definition) is 4. The lowest BCUT2D eigenvalue weighted by molar-refractivity contribution is -0.138. The Morgan fingerprint density at radius 1 is 1.08 bits per heavy atom. The highest BCUT2D eigenvalue weighted by Crippen LogP contribution is 2.29. The molecule has 1 aliphatic carbocycles. The van der Waals surface area contributed by atoms with Gasteiger partial charge in [-0.1, -0.05) is 6.92 Å². The van der Waals surface area contributed by atoms with Crippen molar-refractivity contribution in [1.29, 1.82) is 0 Å².